The summed E-state index contributed by atoms with van der Waals surface area (Å²) in [6.07, 6.45) is 3.09. The highest BCUT2D eigenvalue weighted by molar-refractivity contribution is 7.12. The molecule has 0 saturated carbocycles. The first-order valence-corrected chi connectivity index (χ1v) is 8.49. The van der Waals surface area contributed by atoms with Gasteiger partial charge in [-0.25, -0.2) is 15.3 Å². The second-order valence-electron chi connectivity index (χ2n) is 5.23. The minimum absolute atomic E-state index is 0.0481. The largest absolute Gasteiger partial charge is 0.454 e. The summed E-state index contributed by atoms with van der Waals surface area (Å²) in [7, 11) is 1.65. The van der Waals surface area contributed by atoms with Gasteiger partial charge in [0, 0.05) is 35.7 Å². The molecule has 26 heavy (non-hydrogen) atoms. The number of carbonyl (C=O) groups excluding carboxylic acids is 2. The Morgan fingerprint density at radius 2 is 2.23 bits per heavy atom. The van der Waals surface area contributed by atoms with Crippen molar-refractivity contribution in [1.82, 2.24) is 15.3 Å². The number of H-pyrrole nitrogens is 1. The second kappa shape index (κ2) is 7.70. The van der Waals surface area contributed by atoms with Gasteiger partial charge in [-0.2, -0.15) is 5.11 Å². The molecular formula is C17H15N5O3S. The summed E-state index contributed by atoms with van der Waals surface area (Å²) < 4.78 is 5.05. The fourth-order valence-corrected chi connectivity index (χ4v) is 3.07. The molecule has 2 aromatic heterocycles. The van der Waals surface area contributed by atoms with Crippen molar-refractivity contribution in [3.05, 3.63) is 64.0 Å². The van der Waals surface area contributed by atoms with E-state index in [-0.39, 0.29) is 28.8 Å². The Hall–Kier alpha value is -3.33. The lowest BCUT2D eigenvalue weighted by Gasteiger charge is -2.02. The van der Waals surface area contributed by atoms with Gasteiger partial charge in [-0.15, -0.1) is 11.3 Å². The molecule has 0 bridgehead atoms. The van der Waals surface area contributed by atoms with E-state index >= 15 is 0 Å². The molecule has 0 aliphatic heterocycles. The van der Waals surface area contributed by atoms with Crippen LogP contribution >= 0.6 is 11.3 Å². The summed E-state index contributed by atoms with van der Waals surface area (Å²) in [6, 6.07) is 7.46. The number of esters is 1. The molecule has 0 saturated heterocycles. The maximum atomic E-state index is 12.7. The first kappa shape index (κ1) is 17.5. The van der Waals surface area contributed by atoms with Gasteiger partial charge in [-0.05, 0) is 6.07 Å². The van der Waals surface area contributed by atoms with Crippen molar-refractivity contribution in [2.24, 2.45) is 5.11 Å². The molecule has 132 valence electrons. The lowest BCUT2D eigenvalue weighted by Crippen LogP contribution is -2.10. The Kier molecular flexibility index (Phi) is 5.18. The summed E-state index contributed by atoms with van der Waals surface area (Å²) in [6.45, 7) is -0.160. The van der Waals surface area contributed by atoms with E-state index in [1.165, 1.54) is 11.6 Å². The molecule has 1 aromatic carbocycles. The monoisotopic (exact) mass is 369 g/mol. The van der Waals surface area contributed by atoms with Crippen molar-refractivity contribution in [2.45, 2.75) is 0 Å². The summed E-state index contributed by atoms with van der Waals surface area (Å²) in [5.41, 5.74) is 8.64. The minimum Gasteiger partial charge on any atom is -0.454 e. The normalized spacial score (nSPS) is 11.3. The number of ketones is 1. The zero-order valence-corrected chi connectivity index (χ0v) is 14.6. The van der Waals surface area contributed by atoms with Gasteiger partial charge in [0.15, 0.2) is 10.7 Å². The van der Waals surface area contributed by atoms with Crippen molar-refractivity contribution in [3.8, 4) is 0 Å². The van der Waals surface area contributed by atoms with E-state index in [0.717, 1.165) is 22.2 Å². The van der Waals surface area contributed by atoms with Crippen LogP contribution in [0.1, 0.15) is 25.9 Å². The zero-order chi connectivity index (χ0) is 18.5. The van der Waals surface area contributed by atoms with Gasteiger partial charge in [0.2, 0.25) is 5.78 Å². The first-order valence-electron chi connectivity index (χ1n) is 7.61. The van der Waals surface area contributed by atoms with Gasteiger partial charge in [0.05, 0.1) is 5.56 Å². The van der Waals surface area contributed by atoms with Gasteiger partial charge < -0.3 is 15.0 Å². The molecule has 3 aromatic rings. The third-order valence-corrected chi connectivity index (χ3v) is 4.39. The fraction of sp³-hybridized carbons (Fsp3) is 0.118. The van der Waals surface area contributed by atoms with E-state index < -0.39 is 5.97 Å². The van der Waals surface area contributed by atoms with E-state index in [4.69, 9.17) is 10.3 Å². The van der Waals surface area contributed by atoms with Crippen molar-refractivity contribution in [1.29, 1.82) is 5.53 Å². The molecule has 0 aliphatic carbocycles. The second-order valence-corrected chi connectivity index (χ2v) is 6.09. The summed E-state index contributed by atoms with van der Waals surface area (Å²) in [5, 5.41) is 8.42. The summed E-state index contributed by atoms with van der Waals surface area (Å²) in [5.74, 6) is -0.937. The molecule has 0 unspecified atom stereocenters. The number of hydrogen-bond acceptors (Lipinski definition) is 8. The third-order valence-electron chi connectivity index (χ3n) is 3.55. The number of rotatable bonds is 7. The Labute approximate surface area is 152 Å². The summed E-state index contributed by atoms with van der Waals surface area (Å²) in [4.78, 5) is 31.9. The number of aromatic amines is 1. The topological polar surface area (TPSA) is 120 Å². The molecule has 0 radical (unpaired) electrons. The van der Waals surface area contributed by atoms with E-state index in [9.17, 15) is 9.59 Å². The number of carbonyl (C=O) groups is 2. The van der Waals surface area contributed by atoms with E-state index in [2.05, 4.69) is 20.4 Å². The number of nitrogens with zero attached hydrogens (tertiary/aromatic N) is 2. The van der Waals surface area contributed by atoms with E-state index in [1.54, 1.807) is 13.2 Å². The zero-order valence-electron chi connectivity index (χ0n) is 13.8. The molecule has 3 rings (SSSR count). The van der Waals surface area contributed by atoms with Crippen LogP contribution in [0.3, 0.4) is 0 Å². The van der Waals surface area contributed by atoms with Gasteiger partial charge in [-0.1, -0.05) is 18.2 Å². The van der Waals surface area contributed by atoms with E-state index in [1.807, 2.05) is 24.3 Å². The Balaban J connectivity index is 1.75. The number of ether oxygens (including phenoxy) is 1. The fourth-order valence-electron chi connectivity index (χ4n) is 2.33. The average Bonchev–Trinajstić information content (AvgIpc) is 3.31. The van der Waals surface area contributed by atoms with Crippen LogP contribution in [0, 0.1) is 5.53 Å². The number of thiazole rings is 1. The average molecular weight is 369 g/mol. The van der Waals surface area contributed by atoms with Crippen molar-refractivity contribution >= 4 is 34.0 Å². The lowest BCUT2D eigenvalue weighted by atomic mass is 10.1. The SMILES string of the molecule is CN/C=C(/COC(=O)c1csc(C(=O)c2c[nH]c3ccccc23)n1)N=N. The molecule has 0 aliphatic rings. The number of nitrogens with one attached hydrogen (secondary N) is 3. The highest BCUT2D eigenvalue weighted by atomic mass is 32.1. The predicted octanol–water partition coefficient (Wildman–Crippen LogP) is 3.10. The number of para-hydroxylation sites is 1. The standard InChI is InChI=1S/C17H15N5O3S/c1-19-6-10(22-18)8-25-17(24)14-9-26-16(21-14)15(23)12-7-20-13-5-3-2-4-11(12)13/h2-7,9,18-20H,8H2,1H3/b10-6-,22-18?. The van der Waals surface area contributed by atoms with Crippen LogP contribution in [-0.4, -0.2) is 35.4 Å². The van der Waals surface area contributed by atoms with Crippen molar-refractivity contribution < 1.29 is 14.3 Å². The molecule has 9 heteroatoms. The lowest BCUT2D eigenvalue weighted by molar-refractivity contribution is 0.0532. The van der Waals surface area contributed by atoms with Crippen LogP contribution in [0.2, 0.25) is 0 Å². The molecule has 0 atom stereocenters. The minimum atomic E-state index is -0.676. The van der Waals surface area contributed by atoms with Crippen LogP contribution in [0.25, 0.3) is 10.9 Å². The van der Waals surface area contributed by atoms with Crippen LogP contribution in [0.4, 0.5) is 0 Å². The van der Waals surface area contributed by atoms with Gasteiger partial charge in [0.25, 0.3) is 0 Å². The quantitative estimate of drug-likeness (QED) is 0.336. The molecule has 0 fully saturated rings. The Morgan fingerprint density at radius 1 is 1.42 bits per heavy atom. The van der Waals surface area contributed by atoms with Gasteiger partial charge in [-0.3, -0.25) is 4.79 Å². The number of fused-ring (bicyclic) bond motifs is 1. The van der Waals surface area contributed by atoms with Crippen LogP contribution in [0.5, 0.6) is 0 Å². The van der Waals surface area contributed by atoms with Gasteiger partial charge in [0.1, 0.15) is 12.3 Å². The third kappa shape index (κ3) is 3.52. The molecule has 3 N–H and O–H groups in total. The Morgan fingerprint density at radius 3 is 3.00 bits per heavy atom. The predicted molar refractivity (Wildman–Crippen MR) is 96.4 cm³/mol. The van der Waals surface area contributed by atoms with Crippen LogP contribution in [0.15, 0.2) is 52.9 Å². The van der Waals surface area contributed by atoms with Crippen LogP contribution in [-0.2, 0) is 4.74 Å². The maximum absolute atomic E-state index is 12.7. The molecular weight excluding hydrogens is 354 g/mol. The van der Waals surface area contributed by atoms with E-state index in [0.29, 0.717) is 5.56 Å². The Bertz CT molecular complexity index is 1000. The van der Waals surface area contributed by atoms with Gasteiger partial charge >= 0.3 is 5.97 Å². The highest BCUT2D eigenvalue weighted by Gasteiger charge is 2.20. The first-order chi connectivity index (χ1) is 12.6. The highest BCUT2D eigenvalue weighted by Crippen LogP contribution is 2.22. The number of aromatic nitrogens is 2. The number of hydrogen-bond donors (Lipinski definition) is 3. The molecule has 0 spiro atoms. The number of benzene rings is 1. The molecule has 2 heterocycles. The van der Waals surface area contributed by atoms with Crippen LogP contribution < -0.4 is 5.32 Å². The maximum Gasteiger partial charge on any atom is 0.358 e. The smallest absolute Gasteiger partial charge is 0.358 e. The van der Waals surface area contributed by atoms with Crippen molar-refractivity contribution in [2.75, 3.05) is 13.7 Å². The summed E-state index contributed by atoms with van der Waals surface area (Å²) >= 11 is 1.08. The molecule has 0 amide bonds. The molecule has 8 nitrogen and oxygen atoms in total. The van der Waals surface area contributed by atoms with Crippen molar-refractivity contribution in [3.63, 3.8) is 0 Å².